The summed E-state index contributed by atoms with van der Waals surface area (Å²) < 4.78 is 5.18. The van der Waals surface area contributed by atoms with E-state index in [1.54, 1.807) is 19.4 Å². The molecule has 6 heteroatoms. The van der Waals surface area contributed by atoms with E-state index in [0.29, 0.717) is 28.9 Å². The number of hydrogen-bond donors (Lipinski definition) is 2. The lowest BCUT2D eigenvalue weighted by molar-refractivity contribution is -0.116. The van der Waals surface area contributed by atoms with Crippen molar-refractivity contribution in [3.8, 4) is 5.75 Å². The van der Waals surface area contributed by atoms with Gasteiger partial charge in [-0.3, -0.25) is 14.6 Å². The maximum Gasteiger partial charge on any atom is 0.251 e. The van der Waals surface area contributed by atoms with Gasteiger partial charge < -0.3 is 15.0 Å². The molecule has 2 heterocycles. The van der Waals surface area contributed by atoms with Gasteiger partial charge in [0.15, 0.2) is 0 Å². The molecule has 0 fully saturated rings. The van der Waals surface area contributed by atoms with Gasteiger partial charge in [0.2, 0.25) is 5.91 Å². The maximum absolute atomic E-state index is 12.4. The minimum Gasteiger partial charge on any atom is -0.497 e. The molecule has 28 heavy (non-hydrogen) atoms. The maximum atomic E-state index is 12.4. The molecule has 2 N–H and O–H groups in total. The zero-order valence-corrected chi connectivity index (χ0v) is 15.4. The van der Waals surface area contributed by atoms with Gasteiger partial charge in [-0.15, -0.1) is 0 Å². The molecule has 6 nitrogen and oxygen atoms in total. The Morgan fingerprint density at radius 3 is 2.82 bits per heavy atom. The molecule has 0 radical (unpaired) electrons. The summed E-state index contributed by atoms with van der Waals surface area (Å²) >= 11 is 0. The Kier molecular flexibility index (Phi) is 4.76. The Labute approximate surface area is 161 Å². The summed E-state index contributed by atoms with van der Waals surface area (Å²) in [5.74, 6) is 0.520. The number of methoxy groups -OCH3 is 1. The van der Waals surface area contributed by atoms with E-state index >= 15 is 0 Å². The number of pyridine rings is 2. The standard InChI is InChI=1S/C22H19N3O3/c1-28-17-9-7-15-12-16(22(27)25-19(15)13-17)8-10-20(26)24-18-6-2-4-14-5-3-11-23-21(14)18/h2-7,9,11-13H,8,10H2,1H3,(H,24,26)(H,25,27). The number of fused-ring (bicyclic) bond motifs is 2. The van der Waals surface area contributed by atoms with Gasteiger partial charge in [0.25, 0.3) is 5.56 Å². The van der Waals surface area contributed by atoms with Gasteiger partial charge in [-0.1, -0.05) is 18.2 Å². The summed E-state index contributed by atoms with van der Waals surface area (Å²) in [5.41, 5.74) is 2.50. The van der Waals surface area contributed by atoms with Crippen LogP contribution in [0.4, 0.5) is 5.69 Å². The molecular weight excluding hydrogens is 354 g/mol. The van der Waals surface area contributed by atoms with Gasteiger partial charge >= 0.3 is 0 Å². The number of nitrogens with zero attached hydrogens (tertiary/aromatic N) is 1. The topological polar surface area (TPSA) is 84.1 Å². The third-order valence-electron chi connectivity index (χ3n) is 4.66. The number of aromatic nitrogens is 2. The molecule has 0 atom stereocenters. The Balaban J connectivity index is 1.50. The first-order chi connectivity index (χ1) is 13.6. The van der Waals surface area contributed by atoms with Crippen LogP contribution in [0, 0.1) is 0 Å². The van der Waals surface area contributed by atoms with Gasteiger partial charge in [0.1, 0.15) is 5.75 Å². The van der Waals surface area contributed by atoms with Crippen molar-refractivity contribution in [3.05, 3.63) is 76.7 Å². The Hall–Kier alpha value is -3.67. The van der Waals surface area contributed by atoms with Crippen molar-refractivity contribution >= 4 is 33.4 Å². The second kappa shape index (κ2) is 7.52. The molecule has 0 aliphatic heterocycles. The van der Waals surface area contributed by atoms with E-state index in [9.17, 15) is 9.59 Å². The number of hydrogen-bond acceptors (Lipinski definition) is 4. The van der Waals surface area contributed by atoms with Crippen molar-refractivity contribution < 1.29 is 9.53 Å². The third-order valence-corrected chi connectivity index (χ3v) is 4.66. The van der Waals surface area contributed by atoms with Crippen LogP contribution in [0.1, 0.15) is 12.0 Å². The van der Waals surface area contributed by atoms with Gasteiger partial charge in [-0.2, -0.15) is 0 Å². The number of nitrogens with one attached hydrogen (secondary N) is 2. The van der Waals surface area contributed by atoms with E-state index in [4.69, 9.17) is 4.74 Å². The Morgan fingerprint density at radius 1 is 1.11 bits per heavy atom. The average Bonchev–Trinajstić information content (AvgIpc) is 2.72. The minimum atomic E-state index is -0.194. The molecule has 2 aromatic heterocycles. The van der Waals surface area contributed by atoms with Crippen molar-refractivity contribution in [3.63, 3.8) is 0 Å². The van der Waals surface area contributed by atoms with E-state index in [1.165, 1.54) is 0 Å². The van der Waals surface area contributed by atoms with Crippen LogP contribution in [0.5, 0.6) is 5.75 Å². The molecule has 4 aromatic rings. The summed E-state index contributed by atoms with van der Waals surface area (Å²) in [6.07, 6.45) is 2.25. The second-order valence-electron chi connectivity index (χ2n) is 6.51. The van der Waals surface area contributed by atoms with E-state index in [1.807, 2.05) is 48.5 Å². The van der Waals surface area contributed by atoms with Crippen molar-refractivity contribution in [2.75, 3.05) is 12.4 Å². The minimum absolute atomic E-state index is 0.160. The van der Waals surface area contributed by atoms with E-state index < -0.39 is 0 Å². The zero-order valence-electron chi connectivity index (χ0n) is 15.4. The van der Waals surface area contributed by atoms with Gasteiger partial charge in [-0.25, -0.2) is 0 Å². The predicted octanol–water partition coefficient (Wildman–Crippen LogP) is 3.66. The smallest absolute Gasteiger partial charge is 0.251 e. The fraction of sp³-hybridized carbons (Fsp3) is 0.136. The molecule has 4 rings (SSSR count). The lowest BCUT2D eigenvalue weighted by Crippen LogP contribution is -2.17. The van der Waals surface area contributed by atoms with Crippen LogP contribution in [0.15, 0.2) is 65.6 Å². The molecule has 2 aromatic carbocycles. The number of amides is 1. The molecule has 0 saturated heterocycles. The zero-order chi connectivity index (χ0) is 19.5. The summed E-state index contributed by atoms with van der Waals surface area (Å²) in [5, 5.41) is 4.75. The molecule has 0 aliphatic carbocycles. The highest BCUT2D eigenvalue weighted by Crippen LogP contribution is 2.21. The van der Waals surface area contributed by atoms with E-state index in [2.05, 4.69) is 15.3 Å². The number of carbonyl (C=O) groups excluding carboxylic acids is 1. The van der Waals surface area contributed by atoms with Crippen LogP contribution in [0.3, 0.4) is 0 Å². The van der Waals surface area contributed by atoms with Crippen LogP contribution in [-0.4, -0.2) is 23.0 Å². The van der Waals surface area contributed by atoms with Crippen molar-refractivity contribution in [2.45, 2.75) is 12.8 Å². The quantitative estimate of drug-likeness (QED) is 0.559. The normalized spacial score (nSPS) is 10.9. The van der Waals surface area contributed by atoms with E-state index in [0.717, 1.165) is 16.3 Å². The fourth-order valence-corrected chi connectivity index (χ4v) is 3.20. The number of aromatic amines is 1. The highest BCUT2D eigenvalue weighted by molar-refractivity contribution is 6.00. The molecule has 0 aliphatic rings. The molecule has 0 saturated carbocycles. The van der Waals surface area contributed by atoms with Crippen LogP contribution >= 0.6 is 0 Å². The highest BCUT2D eigenvalue weighted by Gasteiger charge is 2.10. The summed E-state index contributed by atoms with van der Waals surface area (Å²) in [4.78, 5) is 31.9. The number of ether oxygens (including phenoxy) is 1. The summed E-state index contributed by atoms with van der Waals surface area (Å²) in [7, 11) is 1.58. The predicted molar refractivity (Wildman–Crippen MR) is 110 cm³/mol. The number of benzene rings is 2. The number of para-hydroxylation sites is 1. The van der Waals surface area contributed by atoms with Gasteiger partial charge in [-0.05, 0) is 42.1 Å². The van der Waals surface area contributed by atoms with Crippen LogP contribution in [-0.2, 0) is 11.2 Å². The molecular formula is C22H19N3O3. The van der Waals surface area contributed by atoms with Crippen LogP contribution in [0.2, 0.25) is 0 Å². The molecule has 0 unspecified atom stereocenters. The number of rotatable bonds is 5. The van der Waals surface area contributed by atoms with E-state index in [-0.39, 0.29) is 17.9 Å². The first kappa shape index (κ1) is 17.7. The Morgan fingerprint density at radius 2 is 1.96 bits per heavy atom. The monoisotopic (exact) mass is 373 g/mol. The molecule has 0 spiro atoms. The van der Waals surface area contributed by atoms with Crippen molar-refractivity contribution in [1.29, 1.82) is 0 Å². The van der Waals surface area contributed by atoms with Gasteiger partial charge in [0.05, 0.1) is 23.8 Å². The molecule has 140 valence electrons. The highest BCUT2D eigenvalue weighted by atomic mass is 16.5. The summed E-state index contributed by atoms with van der Waals surface area (Å²) in [6.45, 7) is 0. The second-order valence-corrected chi connectivity index (χ2v) is 6.51. The molecule has 1 amide bonds. The SMILES string of the molecule is COc1ccc2cc(CCC(=O)Nc3cccc4cccnc34)c(=O)[nH]c2c1. The number of H-pyrrole nitrogens is 1. The lowest BCUT2D eigenvalue weighted by atomic mass is 10.1. The Bertz CT molecular complexity index is 1230. The summed E-state index contributed by atoms with van der Waals surface area (Å²) in [6, 6.07) is 16.8. The molecule has 0 bridgehead atoms. The van der Waals surface area contributed by atoms with Crippen molar-refractivity contribution in [2.24, 2.45) is 0 Å². The lowest BCUT2D eigenvalue weighted by Gasteiger charge is -2.08. The first-order valence-corrected chi connectivity index (χ1v) is 8.97. The van der Waals surface area contributed by atoms with Crippen molar-refractivity contribution in [1.82, 2.24) is 9.97 Å². The number of aryl methyl sites for hydroxylation is 1. The van der Waals surface area contributed by atoms with Crippen LogP contribution in [0.25, 0.3) is 21.8 Å². The van der Waals surface area contributed by atoms with Gasteiger partial charge in [0, 0.05) is 29.6 Å². The number of anilines is 1. The third kappa shape index (κ3) is 3.57. The fourth-order valence-electron chi connectivity index (χ4n) is 3.20. The van der Waals surface area contributed by atoms with Crippen LogP contribution < -0.4 is 15.6 Å². The number of carbonyl (C=O) groups is 1. The largest absolute Gasteiger partial charge is 0.497 e. The first-order valence-electron chi connectivity index (χ1n) is 8.97. The average molecular weight is 373 g/mol.